The number of fused-ring (bicyclic) bond motifs is 1. The number of likely N-dealkylation sites (tertiary alicyclic amines) is 1. The van der Waals surface area contributed by atoms with Crippen LogP contribution < -0.4 is 11.2 Å². The Morgan fingerprint density at radius 2 is 2.26 bits per heavy atom. The molecule has 1 aliphatic heterocycles. The van der Waals surface area contributed by atoms with E-state index >= 15 is 0 Å². The van der Waals surface area contributed by atoms with Crippen LogP contribution in [-0.2, 0) is 6.54 Å². The van der Waals surface area contributed by atoms with Crippen LogP contribution in [0.15, 0.2) is 27.2 Å². The summed E-state index contributed by atoms with van der Waals surface area (Å²) < 4.78 is 1.55. The molecule has 0 aromatic carbocycles. The van der Waals surface area contributed by atoms with Crippen LogP contribution >= 0.6 is 11.3 Å². The molecule has 1 unspecified atom stereocenters. The normalized spacial score (nSPS) is 19.4. The molecule has 1 atom stereocenters. The van der Waals surface area contributed by atoms with Crippen LogP contribution in [0.3, 0.4) is 0 Å². The van der Waals surface area contributed by atoms with Gasteiger partial charge < -0.3 is 0 Å². The molecule has 9 heteroatoms. The number of aromatic nitrogens is 5. The largest absolute Gasteiger partial charge is 0.340 e. The summed E-state index contributed by atoms with van der Waals surface area (Å²) in [5, 5.41) is 8.35. The maximum atomic E-state index is 12.1. The molecule has 1 saturated heterocycles. The molecular formula is C14H16N6O2S. The number of nitrogens with one attached hydrogen (secondary N) is 2. The van der Waals surface area contributed by atoms with E-state index in [1.54, 1.807) is 16.7 Å². The van der Waals surface area contributed by atoms with Crippen molar-refractivity contribution < 1.29 is 0 Å². The van der Waals surface area contributed by atoms with Crippen LogP contribution in [0.4, 0.5) is 0 Å². The number of rotatable bonds is 3. The summed E-state index contributed by atoms with van der Waals surface area (Å²) in [7, 11) is 0. The van der Waals surface area contributed by atoms with E-state index in [1.165, 1.54) is 11.3 Å². The first-order chi connectivity index (χ1) is 11.2. The minimum atomic E-state index is -0.290. The molecule has 23 heavy (non-hydrogen) atoms. The van der Waals surface area contributed by atoms with Crippen molar-refractivity contribution in [2.75, 3.05) is 6.54 Å². The molecule has 0 radical (unpaired) electrons. The summed E-state index contributed by atoms with van der Waals surface area (Å²) in [4.78, 5) is 33.7. The minimum absolute atomic E-state index is 0.0475. The number of hydrogen-bond acceptors (Lipinski definition) is 6. The monoisotopic (exact) mass is 332 g/mol. The molecule has 3 aromatic heterocycles. The fourth-order valence-corrected chi connectivity index (χ4v) is 3.85. The molecule has 2 N–H and O–H groups in total. The molecule has 0 aliphatic carbocycles. The van der Waals surface area contributed by atoms with Crippen molar-refractivity contribution in [3.8, 4) is 0 Å². The highest BCUT2D eigenvalue weighted by molar-refractivity contribution is 7.15. The van der Waals surface area contributed by atoms with Crippen LogP contribution in [0.25, 0.3) is 4.96 Å². The third kappa shape index (κ3) is 2.73. The van der Waals surface area contributed by atoms with Crippen molar-refractivity contribution in [3.05, 3.63) is 50.0 Å². The predicted octanol–water partition coefficient (Wildman–Crippen LogP) is 0.895. The van der Waals surface area contributed by atoms with Crippen molar-refractivity contribution in [1.82, 2.24) is 29.5 Å². The molecule has 8 nitrogen and oxygen atoms in total. The number of thiazole rings is 1. The molecule has 120 valence electrons. The zero-order valence-corrected chi connectivity index (χ0v) is 13.2. The number of H-pyrrole nitrogens is 2. The molecule has 4 heterocycles. The van der Waals surface area contributed by atoms with Crippen molar-refractivity contribution >= 4 is 16.3 Å². The zero-order valence-electron chi connectivity index (χ0n) is 12.4. The SMILES string of the molecule is O=c1[nH]nc(C2CCCCN2Cc2cc(=O)n3ccsc3n2)[nH]1. The Labute approximate surface area is 134 Å². The Bertz CT molecular complexity index is 938. The first kappa shape index (κ1) is 14.3. The molecule has 1 aliphatic rings. The predicted molar refractivity (Wildman–Crippen MR) is 85.5 cm³/mol. The van der Waals surface area contributed by atoms with Gasteiger partial charge in [-0.15, -0.1) is 11.3 Å². The summed E-state index contributed by atoms with van der Waals surface area (Å²) in [6.45, 7) is 1.47. The third-order valence-corrected chi connectivity index (χ3v) is 4.93. The van der Waals surface area contributed by atoms with E-state index in [0.29, 0.717) is 17.3 Å². The maximum Gasteiger partial charge on any atom is 0.340 e. The van der Waals surface area contributed by atoms with Gasteiger partial charge in [0.15, 0.2) is 4.96 Å². The van der Waals surface area contributed by atoms with Crippen LogP contribution in [0.5, 0.6) is 0 Å². The van der Waals surface area contributed by atoms with Crippen LogP contribution in [-0.4, -0.2) is 36.0 Å². The smallest absolute Gasteiger partial charge is 0.292 e. The zero-order chi connectivity index (χ0) is 15.8. The van der Waals surface area contributed by atoms with Gasteiger partial charge in [0.2, 0.25) is 0 Å². The second kappa shape index (κ2) is 5.74. The van der Waals surface area contributed by atoms with Gasteiger partial charge in [-0.05, 0) is 19.4 Å². The van der Waals surface area contributed by atoms with E-state index in [1.807, 2.05) is 5.38 Å². The lowest BCUT2D eigenvalue weighted by molar-refractivity contribution is 0.132. The van der Waals surface area contributed by atoms with Crippen molar-refractivity contribution in [3.63, 3.8) is 0 Å². The standard InChI is InChI=1S/C14H16N6O2S/c21-11-7-9(15-14-20(11)5-6-23-14)8-19-4-2-1-3-10(19)12-16-13(22)18-17-12/h5-7,10H,1-4,8H2,(H2,16,17,18,22). The van der Waals surface area contributed by atoms with E-state index in [4.69, 9.17) is 0 Å². The Morgan fingerprint density at radius 3 is 3.09 bits per heavy atom. The average Bonchev–Trinajstić information content (AvgIpc) is 3.17. The lowest BCUT2D eigenvalue weighted by Gasteiger charge is -2.33. The van der Waals surface area contributed by atoms with Gasteiger partial charge >= 0.3 is 5.69 Å². The molecule has 0 amide bonds. The molecule has 0 saturated carbocycles. The van der Waals surface area contributed by atoms with E-state index < -0.39 is 0 Å². The van der Waals surface area contributed by atoms with Crippen LogP contribution in [0.2, 0.25) is 0 Å². The fraction of sp³-hybridized carbons (Fsp3) is 0.429. The fourth-order valence-electron chi connectivity index (χ4n) is 3.11. The first-order valence-electron chi connectivity index (χ1n) is 7.55. The van der Waals surface area contributed by atoms with Gasteiger partial charge in [-0.2, -0.15) is 5.10 Å². The number of hydrogen-bond donors (Lipinski definition) is 2. The Morgan fingerprint density at radius 1 is 1.35 bits per heavy atom. The Hall–Kier alpha value is -2.26. The van der Waals surface area contributed by atoms with Crippen LogP contribution in [0, 0.1) is 0 Å². The summed E-state index contributed by atoms with van der Waals surface area (Å²) in [5.74, 6) is 0.656. The lowest BCUT2D eigenvalue weighted by Crippen LogP contribution is -2.34. The van der Waals surface area contributed by atoms with E-state index in [0.717, 1.165) is 31.5 Å². The van der Waals surface area contributed by atoms with E-state index in [2.05, 4.69) is 25.1 Å². The van der Waals surface area contributed by atoms with Crippen molar-refractivity contribution in [1.29, 1.82) is 0 Å². The van der Waals surface area contributed by atoms with Crippen LogP contribution in [0.1, 0.15) is 36.8 Å². The second-order valence-electron chi connectivity index (χ2n) is 5.69. The highest BCUT2D eigenvalue weighted by Gasteiger charge is 2.27. The quantitative estimate of drug-likeness (QED) is 0.742. The van der Waals surface area contributed by atoms with Gasteiger partial charge in [0.1, 0.15) is 5.82 Å². The van der Waals surface area contributed by atoms with Gasteiger partial charge in [-0.25, -0.2) is 14.9 Å². The highest BCUT2D eigenvalue weighted by atomic mass is 32.1. The molecular weight excluding hydrogens is 316 g/mol. The third-order valence-electron chi connectivity index (χ3n) is 4.17. The minimum Gasteiger partial charge on any atom is -0.292 e. The van der Waals surface area contributed by atoms with Gasteiger partial charge in [0, 0.05) is 24.2 Å². The maximum absolute atomic E-state index is 12.1. The van der Waals surface area contributed by atoms with Gasteiger partial charge in [0.05, 0.1) is 11.7 Å². The van der Waals surface area contributed by atoms with Crippen molar-refractivity contribution in [2.24, 2.45) is 0 Å². The Kier molecular flexibility index (Phi) is 3.58. The highest BCUT2D eigenvalue weighted by Crippen LogP contribution is 2.29. The van der Waals surface area contributed by atoms with Gasteiger partial charge in [0.25, 0.3) is 5.56 Å². The summed E-state index contributed by atoms with van der Waals surface area (Å²) in [6, 6.07) is 1.63. The van der Waals surface area contributed by atoms with E-state index in [-0.39, 0.29) is 17.3 Å². The summed E-state index contributed by atoms with van der Waals surface area (Å²) in [5.41, 5.74) is 0.400. The lowest BCUT2D eigenvalue weighted by atomic mass is 10.0. The molecule has 3 aromatic rings. The number of nitrogens with zero attached hydrogens (tertiary/aromatic N) is 4. The molecule has 1 fully saturated rings. The topological polar surface area (TPSA) is 99.2 Å². The first-order valence-corrected chi connectivity index (χ1v) is 8.43. The molecule has 0 bridgehead atoms. The van der Waals surface area contributed by atoms with Crippen molar-refractivity contribution in [2.45, 2.75) is 31.8 Å². The summed E-state index contributed by atoms with van der Waals surface area (Å²) >= 11 is 1.45. The average molecular weight is 332 g/mol. The van der Waals surface area contributed by atoms with E-state index in [9.17, 15) is 9.59 Å². The molecule has 0 spiro atoms. The van der Waals surface area contributed by atoms with Gasteiger partial charge in [-0.1, -0.05) is 6.42 Å². The summed E-state index contributed by atoms with van der Waals surface area (Å²) in [6.07, 6.45) is 4.85. The van der Waals surface area contributed by atoms with Gasteiger partial charge in [-0.3, -0.25) is 19.1 Å². The second-order valence-corrected chi connectivity index (χ2v) is 6.56. The number of piperidine rings is 1. The Balaban J connectivity index is 1.64. The number of aromatic amines is 2. The molecule has 4 rings (SSSR count).